The van der Waals surface area contributed by atoms with Gasteiger partial charge in [0, 0.05) is 20.1 Å². The molecular weight excluding hydrogens is 439 g/mol. The Kier molecular flexibility index (Phi) is 7.43. The van der Waals surface area contributed by atoms with Crippen molar-refractivity contribution in [1.29, 1.82) is 0 Å². The maximum absolute atomic E-state index is 4.58. The predicted octanol–water partition coefficient (Wildman–Crippen LogP) is 3.32. The minimum atomic E-state index is 0. The summed E-state index contributed by atoms with van der Waals surface area (Å²) in [6, 6.07) is 8.84. The zero-order valence-corrected chi connectivity index (χ0v) is 18.3. The highest BCUT2D eigenvalue weighted by molar-refractivity contribution is 14.0. The fourth-order valence-electron chi connectivity index (χ4n) is 3.31. The van der Waals surface area contributed by atoms with E-state index in [1.54, 1.807) is 0 Å². The first-order chi connectivity index (χ1) is 12.1. The molecule has 1 aliphatic rings. The number of aromatic nitrogens is 3. The van der Waals surface area contributed by atoms with Crippen LogP contribution in [0.3, 0.4) is 0 Å². The molecule has 1 aromatic heterocycles. The highest BCUT2D eigenvalue weighted by Crippen LogP contribution is 2.23. The van der Waals surface area contributed by atoms with Gasteiger partial charge in [0.15, 0.2) is 5.96 Å². The molecule has 142 valence electrons. The van der Waals surface area contributed by atoms with Crippen molar-refractivity contribution >= 4 is 29.9 Å². The van der Waals surface area contributed by atoms with Crippen LogP contribution in [-0.4, -0.2) is 34.3 Å². The van der Waals surface area contributed by atoms with E-state index in [9.17, 15) is 0 Å². The van der Waals surface area contributed by atoms with Crippen LogP contribution in [0.15, 0.2) is 29.3 Å². The molecule has 0 radical (unpaired) electrons. The van der Waals surface area contributed by atoms with Gasteiger partial charge in [0.05, 0.1) is 6.04 Å². The van der Waals surface area contributed by atoms with Crippen LogP contribution in [0.2, 0.25) is 0 Å². The summed E-state index contributed by atoms with van der Waals surface area (Å²) in [6.07, 6.45) is 2.15. The summed E-state index contributed by atoms with van der Waals surface area (Å²) >= 11 is 0. The lowest BCUT2D eigenvalue weighted by Crippen LogP contribution is -2.42. The SMILES string of the molecule is CN=C(NCC(C)c1cccc(C)c1)NC1CCCn2nc(C)nc21.I. The Morgan fingerprint density at radius 1 is 1.38 bits per heavy atom. The smallest absolute Gasteiger partial charge is 0.191 e. The molecule has 2 heterocycles. The lowest BCUT2D eigenvalue weighted by molar-refractivity contribution is 0.397. The lowest BCUT2D eigenvalue weighted by Gasteiger charge is -2.25. The Morgan fingerprint density at radius 2 is 2.19 bits per heavy atom. The molecule has 6 nitrogen and oxygen atoms in total. The molecule has 2 aromatic rings. The van der Waals surface area contributed by atoms with E-state index in [0.29, 0.717) is 5.92 Å². The number of rotatable bonds is 4. The second-order valence-corrected chi connectivity index (χ2v) is 6.85. The summed E-state index contributed by atoms with van der Waals surface area (Å²) in [6.45, 7) is 8.09. The van der Waals surface area contributed by atoms with Crippen LogP contribution in [0.1, 0.15) is 54.5 Å². The number of guanidine groups is 1. The van der Waals surface area contributed by atoms with Crippen molar-refractivity contribution in [3.63, 3.8) is 0 Å². The van der Waals surface area contributed by atoms with Gasteiger partial charge in [0.25, 0.3) is 0 Å². The van der Waals surface area contributed by atoms with E-state index < -0.39 is 0 Å². The monoisotopic (exact) mass is 468 g/mol. The van der Waals surface area contributed by atoms with Gasteiger partial charge in [0.1, 0.15) is 11.6 Å². The summed E-state index contributed by atoms with van der Waals surface area (Å²) < 4.78 is 2.01. The molecule has 26 heavy (non-hydrogen) atoms. The van der Waals surface area contributed by atoms with Crippen molar-refractivity contribution in [2.75, 3.05) is 13.6 Å². The fourth-order valence-corrected chi connectivity index (χ4v) is 3.31. The van der Waals surface area contributed by atoms with Gasteiger partial charge >= 0.3 is 0 Å². The first-order valence-corrected chi connectivity index (χ1v) is 9.02. The minimum absolute atomic E-state index is 0. The average molecular weight is 468 g/mol. The zero-order valence-electron chi connectivity index (χ0n) is 16.0. The Morgan fingerprint density at radius 3 is 2.92 bits per heavy atom. The third-order valence-corrected chi connectivity index (χ3v) is 4.70. The molecule has 0 spiro atoms. The normalized spacial score (nSPS) is 17.8. The van der Waals surface area contributed by atoms with Gasteiger partial charge in [-0.05, 0) is 38.2 Å². The van der Waals surface area contributed by atoms with E-state index in [1.165, 1.54) is 11.1 Å². The van der Waals surface area contributed by atoms with Crippen LogP contribution in [0.5, 0.6) is 0 Å². The van der Waals surface area contributed by atoms with Gasteiger partial charge in [-0.15, -0.1) is 24.0 Å². The van der Waals surface area contributed by atoms with Gasteiger partial charge in [-0.3, -0.25) is 4.99 Å². The molecule has 1 aromatic carbocycles. The minimum Gasteiger partial charge on any atom is -0.356 e. The maximum Gasteiger partial charge on any atom is 0.191 e. The quantitative estimate of drug-likeness (QED) is 0.411. The van der Waals surface area contributed by atoms with Crippen LogP contribution in [0.25, 0.3) is 0 Å². The standard InChI is InChI=1S/C19H28N6.HI/c1-13-7-5-8-16(11-13)14(2)12-21-19(20-4)23-17-9-6-10-25-18(17)22-15(3)24-25;/h5,7-8,11,14,17H,6,9-10,12H2,1-4H3,(H2,20,21,23);1H. The predicted molar refractivity (Wildman–Crippen MR) is 116 cm³/mol. The fraction of sp³-hybridized carbons (Fsp3) is 0.526. The van der Waals surface area contributed by atoms with Crippen molar-refractivity contribution in [3.8, 4) is 0 Å². The molecule has 2 atom stereocenters. The van der Waals surface area contributed by atoms with E-state index in [-0.39, 0.29) is 30.0 Å². The number of nitrogens with one attached hydrogen (secondary N) is 2. The lowest BCUT2D eigenvalue weighted by atomic mass is 9.99. The molecule has 0 amide bonds. The molecule has 0 fully saturated rings. The van der Waals surface area contributed by atoms with Gasteiger partial charge in [-0.25, -0.2) is 9.67 Å². The molecule has 0 bridgehead atoms. The molecule has 0 saturated heterocycles. The number of nitrogens with zero attached hydrogens (tertiary/aromatic N) is 4. The largest absolute Gasteiger partial charge is 0.356 e. The van der Waals surface area contributed by atoms with E-state index in [2.05, 4.69) is 63.8 Å². The van der Waals surface area contributed by atoms with E-state index in [4.69, 9.17) is 0 Å². The van der Waals surface area contributed by atoms with Crippen LogP contribution >= 0.6 is 24.0 Å². The van der Waals surface area contributed by atoms with Crippen molar-refractivity contribution in [2.45, 2.75) is 52.1 Å². The Hall–Kier alpha value is -1.64. The Labute approximate surface area is 172 Å². The molecule has 3 rings (SSSR count). The maximum atomic E-state index is 4.58. The number of aryl methyl sites for hydroxylation is 3. The summed E-state index contributed by atoms with van der Waals surface area (Å²) in [5.41, 5.74) is 2.64. The summed E-state index contributed by atoms with van der Waals surface area (Å²) in [4.78, 5) is 8.96. The second kappa shape index (κ2) is 9.34. The Balaban J connectivity index is 0.00000243. The van der Waals surface area contributed by atoms with Crippen molar-refractivity contribution in [3.05, 3.63) is 47.0 Å². The van der Waals surface area contributed by atoms with Gasteiger partial charge < -0.3 is 10.6 Å². The second-order valence-electron chi connectivity index (χ2n) is 6.85. The average Bonchev–Trinajstić information content (AvgIpc) is 2.99. The molecule has 2 unspecified atom stereocenters. The van der Waals surface area contributed by atoms with Gasteiger partial charge in [0.2, 0.25) is 0 Å². The molecule has 0 aliphatic carbocycles. The summed E-state index contributed by atoms with van der Waals surface area (Å²) in [7, 11) is 1.81. The highest BCUT2D eigenvalue weighted by atomic mass is 127. The zero-order chi connectivity index (χ0) is 17.8. The molecule has 1 aliphatic heterocycles. The number of aliphatic imine (C=N–C) groups is 1. The van der Waals surface area contributed by atoms with E-state index >= 15 is 0 Å². The highest BCUT2D eigenvalue weighted by Gasteiger charge is 2.24. The van der Waals surface area contributed by atoms with Gasteiger partial charge in [-0.2, -0.15) is 5.10 Å². The van der Waals surface area contributed by atoms with E-state index in [1.807, 2.05) is 18.7 Å². The molecule has 7 heteroatoms. The topological polar surface area (TPSA) is 67.1 Å². The number of hydrogen-bond donors (Lipinski definition) is 2. The van der Waals surface area contributed by atoms with Crippen molar-refractivity contribution < 1.29 is 0 Å². The number of benzene rings is 1. The van der Waals surface area contributed by atoms with Gasteiger partial charge in [-0.1, -0.05) is 36.8 Å². The van der Waals surface area contributed by atoms with Crippen LogP contribution in [-0.2, 0) is 6.54 Å². The number of fused-ring (bicyclic) bond motifs is 1. The van der Waals surface area contributed by atoms with Crippen LogP contribution < -0.4 is 10.6 Å². The molecular formula is C19H29IN6. The first-order valence-electron chi connectivity index (χ1n) is 9.02. The first kappa shape index (κ1) is 20.7. The summed E-state index contributed by atoms with van der Waals surface area (Å²) in [5.74, 6) is 3.08. The van der Waals surface area contributed by atoms with Crippen LogP contribution in [0.4, 0.5) is 0 Å². The van der Waals surface area contributed by atoms with E-state index in [0.717, 1.165) is 43.5 Å². The number of hydrogen-bond acceptors (Lipinski definition) is 3. The summed E-state index contributed by atoms with van der Waals surface area (Å²) in [5, 5.41) is 11.4. The third kappa shape index (κ3) is 4.96. The molecule has 2 N–H and O–H groups in total. The molecule has 0 saturated carbocycles. The Bertz CT molecular complexity index is 754. The van der Waals surface area contributed by atoms with Crippen molar-refractivity contribution in [2.24, 2.45) is 4.99 Å². The van der Waals surface area contributed by atoms with Crippen LogP contribution in [0, 0.1) is 13.8 Å². The van der Waals surface area contributed by atoms with Crippen molar-refractivity contribution in [1.82, 2.24) is 25.4 Å². The third-order valence-electron chi connectivity index (χ3n) is 4.70. The number of halogens is 1.